The van der Waals surface area contributed by atoms with Crippen LogP contribution in [0.25, 0.3) is 22.2 Å². The second-order valence-corrected chi connectivity index (χ2v) is 8.55. The highest BCUT2D eigenvalue weighted by Gasteiger charge is 2.22. The summed E-state index contributed by atoms with van der Waals surface area (Å²) in [6.45, 7) is 0.394. The zero-order valence-corrected chi connectivity index (χ0v) is 15.3. The first-order chi connectivity index (χ1) is 12.8. The number of nitrogens with zero attached hydrogens (tertiary/aromatic N) is 2. The fraction of sp³-hybridized carbons (Fsp3) is 0.211. The van der Waals surface area contributed by atoms with Gasteiger partial charge in [-0.25, -0.2) is 22.2 Å². The average molecular weight is 389 g/mol. The van der Waals surface area contributed by atoms with E-state index in [9.17, 15) is 17.2 Å². The van der Waals surface area contributed by atoms with E-state index in [4.69, 9.17) is 0 Å². The molecule has 4 rings (SSSR count). The lowest BCUT2D eigenvalue weighted by Crippen LogP contribution is -2.29. The number of fused-ring (bicyclic) bond motifs is 1. The molecule has 1 aliphatic heterocycles. The zero-order chi connectivity index (χ0) is 19.2. The molecule has 0 saturated heterocycles. The summed E-state index contributed by atoms with van der Waals surface area (Å²) in [7, 11) is -3.25. The van der Waals surface area contributed by atoms with Gasteiger partial charge in [-0.2, -0.15) is 0 Å². The van der Waals surface area contributed by atoms with Gasteiger partial charge in [-0.1, -0.05) is 6.08 Å². The van der Waals surface area contributed by atoms with Crippen molar-refractivity contribution in [2.24, 2.45) is 0 Å². The number of allylic oxidation sites excluding steroid dienone is 1. The Bertz CT molecular complexity index is 1130. The molecule has 1 aromatic carbocycles. The summed E-state index contributed by atoms with van der Waals surface area (Å²) >= 11 is 0. The third-order valence-corrected chi connectivity index (χ3v) is 5.85. The van der Waals surface area contributed by atoms with Gasteiger partial charge in [0, 0.05) is 42.0 Å². The van der Waals surface area contributed by atoms with E-state index >= 15 is 0 Å². The third-order valence-electron chi connectivity index (χ3n) is 4.70. The standard InChI is InChI=1S/C19H17F2N3O2S/c1-27(25,26)24-6-3-12(4-7-24)18-11-17-16(2-5-22-19(17)23-18)13-8-14(20)10-15(21)9-13/h2-3,5-6,8-12H,4,7H2,1H3,(H,22,23). The number of H-pyrrole nitrogens is 1. The highest BCUT2D eigenvalue weighted by atomic mass is 32.2. The largest absolute Gasteiger partial charge is 0.343 e. The predicted octanol–water partition coefficient (Wildman–Crippen LogP) is 3.77. The minimum Gasteiger partial charge on any atom is -0.343 e. The first-order valence-electron chi connectivity index (χ1n) is 8.40. The molecule has 0 spiro atoms. The van der Waals surface area contributed by atoms with Gasteiger partial charge in [-0.3, -0.25) is 4.31 Å². The highest BCUT2D eigenvalue weighted by molar-refractivity contribution is 7.88. The van der Waals surface area contributed by atoms with Crippen molar-refractivity contribution in [3.05, 3.63) is 66.1 Å². The number of hydrogen-bond donors (Lipinski definition) is 1. The molecule has 8 heteroatoms. The Balaban J connectivity index is 1.74. The summed E-state index contributed by atoms with van der Waals surface area (Å²) in [4.78, 5) is 7.55. The maximum atomic E-state index is 13.6. The van der Waals surface area contributed by atoms with Crippen LogP contribution < -0.4 is 0 Å². The van der Waals surface area contributed by atoms with Gasteiger partial charge in [0.15, 0.2) is 0 Å². The molecule has 27 heavy (non-hydrogen) atoms. The number of benzene rings is 1. The van der Waals surface area contributed by atoms with Gasteiger partial charge in [0.1, 0.15) is 17.3 Å². The van der Waals surface area contributed by atoms with E-state index in [1.165, 1.54) is 22.7 Å². The normalized spacial score (nSPS) is 17.6. The number of nitrogens with one attached hydrogen (secondary N) is 1. The van der Waals surface area contributed by atoms with Crippen LogP contribution in [0.5, 0.6) is 0 Å². The SMILES string of the molecule is CS(=O)(=O)N1C=CC(c2cc3c(-c4cc(F)cc(F)c4)ccnc3[nH]2)CC1. The maximum Gasteiger partial charge on any atom is 0.231 e. The Kier molecular flexibility index (Phi) is 4.22. The Morgan fingerprint density at radius 2 is 1.93 bits per heavy atom. The molecule has 0 aliphatic carbocycles. The first-order valence-corrected chi connectivity index (χ1v) is 10.3. The van der Waals surface area contributed by atoms with Crippen molar-refractivity contribution in [2.75, 3.05) is 12.8 Å². The van der Waals surface area contributed by atoms with Gasteiger partial charge < -0.3 is 4.98 Å². The molecule has 0 bridgehead atoms. The van der Waals surface area contributed by atoms with Gasteiger partial charge in [0.05, 0.1) is 6.26 Å². The first kappa shape index (κ1) is 17.7. The fourth-order valence-corrected chi connectivity index (χ4v) is 4.11. The second-order valence-electron chi connectivity index (χ2n) is 6.61. The van der Waals surface area contributed by atoms with Crippen LogP contribution >= 0.6 is 0 Å². The zero-order valence-electron chi connectivity index (χ0n) is 14.5. The summed E-state index contributed by atoms with van der Waals surface area (Å²) in [6, 6.07) is 7.04. The van der Waals surface area contributed by atoms with Crippen molar-refractivity contribution in [1.29, 1.82) is 0 Å². The molecule has 0 amide bonds. The summed E-state index contributed by atoms with van der Waals surface area (Å²) in [5.41, 5.74) is 2.61. The van der Waals surface area contributed by atoms with E-state index in [0.717, 1.165) is 17.1 Å². The van der Waals surface area contributed by atoms with Crippen LogP contribution in [0.3, 0.4) is 0 Å². The average Bonchev–Trinajstić information content (AvgIpc) is 3.04. The lowest BCUT2D eigenvalue weighted by atomic mass is 9.98. The molecule has 1 aliphatic rings. The molecule has 1 atom stereocenters. The topological polar surface area (TPSA) is 66.1 Å². The summed E-state index contributed by atoms with van der Waals surface area (Å²) in [5, 5.41) is 0.761. The molecule has 0 fully saturated rings. The summed E-state index contributed by atoms with van der Waals surface area (Å²) in [5.74, 6) is -1.27. The number of aromatic amines is 1. The molecule has 2 aromatic heterocycles. The molecule has 5 nitrogen and oxygen atoms in total. The van der Waals surface area contributed by atoms with Crippen LogP contribution in [-0.4, -0.2) is 35.5 Å². The van der Waals surface area contributed by atoms with Gasteiger partial charge in [-0.15, -0.1) is 0 Å². The molecule has 1 unspecified atom stereocenters. The van der Waals surface area contributed by atoms with Crippen molar-refractivity contribution in [1.82, 2.24) is 14.3 Å². The number of sulfonamides is 1. The smallest absolute Gasteiger partial charge is 0.231 e. The number of aromatic nitrogens is 2. The third kappa shape index (κ3) is 3.44. The highest BCUT2D eigenvalue weighted by Crippen LogP contribution is 2.33. The Labute approximate surface area is 155 Å². The van der Waals surface area contributed by atoms with Crippen molar-refractivity contribution in [2.45, 2.75) is 12.3 Å². The van der Waals surface area contributed by atoms with Crippen molar-refractivity contribution in [3.8, 4) is 11.1 Å². The molecule has 1 N–H and O–H groups in total. The fourth-order valence-electron chi connectivity index (χ4n) is 3.38. The van der Waals surface area contributed by atoms with Crippen LogP contribution in [0.15, 0.2) is 48.8 Å². The van der Waals surface area contributed by atoms with E-state index in [2.05, 4.69) is 9.97 Å². The van der Waals surface area contributed by atoms with Crippen LogP contribution in [0, 0.1) is 11.6 Å². The monoisotopic (exact) mass is 389 g/mol. The number of halogens is 2. The van der Waals surface area contributed by atoms with Crippen LogP contribution in [0.1, 0.15) is 18.0 Å². The summed E-state index contributed by atoms with van der Waals surface area (Å²) in [6.07, 6.45) is 6.79. The molecule has 0 saturated carbocycles. The minimum absolute atomic E-state index is 0.00861. The van der Waals surface area contributed by atoms with Crippen LogP contribution in [-0.2, 0) is 10.0 Å². The maximum absolute atomic E-state index is 13.6. The van der Waals surface area contributed by atoms with E-state index < -0.39 is 21.7 Å². The number of hydrogen-bond acceptors (Lipinski definition) is 3. The molecular weight excluding hydrogens is 372 g/mol. The van der Waals surface area contributed by atoms with E-state index in [0.29, 0.717) is 29.7 Å². The van der Waals surface area contributed by atoms with Crippen molar-refractivity contribution >= 4 is 21.1 Å². The van der Waals surface area contributed by atoms with Crippen molar-refractivity contribution < 1.29 is 17.2 Å². The number of pyridine rings is 1. The van der Waals surface area contributed by atoms with Crippen LogP contribution in [0.2, 0.25) is 0 Å². The van der Waals surface area contributed by atoms with Gasteiger partial charge in [0.25, 0.3) is 0 Å². The van der Waals surface area contributed by atoms with E-state index in [-0.39, 0.29) is 5.92 Å². The Morgan fingerprint density at radius 1 is 1.19 bits per heavy atom. The van der Waals surface area contributed by atoms with Gasteiger partial charge in [-0.05, 0) is 41.8 Å². The predicted molar refractivity (Wildman–Crippen MR) is 99.5 cm³/mol. The second kappa shape index (κ2) is 6.45. The Morgan fingerprint density at radius 3 is 2.56 bits per heavy atom. The molecule has 140 valence electrons. The van der Waals surface area contributed by atoms with E-state index in [1.54, 1.807) is 18.5 Å². The Hall–Kier alpha value is -2.74. The van der Waals surface area contributed by atoms with Crippen molar-refractivity contribution in [3.63, 3.8) is 0 Å². The summed E-state index contributed by atoms with van der Waals surface area (Å²) < 4.78 is 51.8. The van der Waals surface area contributed by atoms with E-state index in [1.807, 2.05) is 12.1 Å². The van der Waals surface area contributed by atoms with Gasteiger partial charge in [0.2, 0.25) is 10.0 Å². The molecule has 3 aromatic rings. The quantitative estimate of drug-likeness (QED) is 0.742. The lowest BCUT2D eigenvalue weighted by molar-refractivity contribution is 0.464. The number of rotatable bonds is 3. The minimum atomic E-state index is -3.25. The van der Waals surface area contributed by atoms with Gasteiger partial charge >= 0.3 is 0 Å². The lowest BCUT2D eigenvalue weighted by Gasteiger charge is -2.25. The molecular formula is C19H17F2N3O2S. The molecule has 0 radical (unpaired) electrons. The van der Waals surface area contributed by atoms with Crippen LogP contribution in [0.4, 0.5) is 8.78 Å². The molecule has 3 heterocycles.